The highest BCUT2D eigenvalue weighted by molar-refractivity contribution is 5.89. The third-order valence-electron chi connectivity index (χ3n) is 6.88. The lowest BCUT2D eigenvalue weighted by atomic mass is 10.0. The molecule has 1 heterocycles. The van der Waals surface area contributed by atoms with Crippen LogP contribution in [0.2, 0.25) is 0 Å². The lowest BCUT2D eigenvalue weighted by Crippen LogP contribution is -2.46. The third kappa shape index (κ3) is 7.39. The van der Waals surface area contributed by atoms with E-state index in [0.29, 0.717) is 47.0 Å². The smallest absolute Gasteiger partial charge is 0.247 e. The fourth-order valence-corrected chi connectivity index (χ4v) is 4.64. The van der Waals surface area contributed by atoms with Crippen LogP contribution in [0.3, 0.4) is 0 Å². The predicted octanol–water partition coefficient (Wildman–Crippen LogP) is 4.56. The molecule has 0 radical (unpaired) electrons. The van der Waals surface area contributed by atoms with E-state index in [1.807, 2.05) is 36.4 Å². The maximum absolute atomic E-state index is 14.0. The minimum atomic E-state index is -0.981. The summed E-state index contributed by atoms with van der Waals surface area (Å²) < 4.78 is 26.2. The molecule has 4 rings (SSSR count). The highest BCUT2D eigenvalue weighted by Gasteiger charge is 2.32. The maximum atomic E-state index is 14.0. The van der Waals surface area contributed by atoms with Crippen LogP contribution in [0.15, 0.2) is 66.7 Å². The molecule has 1 aromatic heterocycles. The number of methoxy groups -OCH3 is 2. The molecule has 10 heteroatoms. The van der Waals surface area contributed by atoms with E-state index in [1.54, 1.807) is 32.4 Å². The molecule has 2 amide bonds. The summed E-state index contributed by atoms with van der Waals surface area (Å²) in [5, 5.41) is 11.3. The SMILES string of the molecule is COc1ccc(CCN(C(=O)Cn2nnc3ccccc32)[C@@H](C(=O)NCCC(C)C)c2ccc(F)cc2)cc1OC. The number of hydrogen-bond acceptors (Lipinski definition) is 6. The Hall–Kier alpha value is -4.47. The summed E-state index contributed by atoms with van der Waals surface area (Å²) in [6.07, 6.45) is 1.22. The number of ether oxygens (including phenoxy) is 2. The van der Waals surface area contributed by atoms with E-state index >= 15 is 0 Å². The average molecular weight is 562 g/mol. The van der Waals surface area contributed by atoms with Crippen molar-refractivity contribution in [3.8, 4) is 11.5 Å². The molecule has 0 bridgehead atoms. The summed E-state index contributed by atoms with van der Waals surface area (Å²) in [6, 6.07) is 17.6. The first kappa shape index (κ1) is 29.5. The zero-order chi connectivity index (χ0) is 29.4. The molecule has 9 nitrogen and oxygen atoms in total. The second kappa shape index (κ2) is 13.7. The zero-order valence-corrected chi connectivity index (χ0v) is 23.8. The molecule has 3 aromatic carbocycles. The van der Waals surface area contributed by atoms with Crippen molar-refractivity contribution >= 4 is 22.8 Å². The highest BCUT2D eigenvalue weighted by atomic mass is 19.1. The summed E-state index contributed by atoms with van der Waals surface area (Å²) >= 11 is 0. The van der Waals surface area contributed by atoms with Crippen LogP contribution in [0.4, 0.5) is 4.39 Å². The van der Waals surface area contributed by atoms with Gasteiger partial charge in [0.25, 0.3) is 0 Å². The Labute approximate surface area is 239 Å². The van der Waals surface area contributed by atoms with Gasteiger partial charge in [0.2, 0.25) is 11.8 Å². The summed E-state index contributed by atoms with van der Waals surface area (Å²) in [5.74, 6) is 0.471. The van der Waals surface area contributed by atoms with Gasteiger partial charge in [-0.15, -0.1) is 5.10 Å². The number of nitrogens with one attached hydrogen (secondary N) is 1. The van der Waals surface area contributed by atoms with Gasteiger partial charge in [0.15, 0.2) is 11.5 Å². The number of nitrogens with zero attached hydrogens (tertiary/aromatic N) is 4. The highest BCUT2D eigenvalue weighted by Crippen LogP contribution is 2.29. The van der Waals surface area contributed by atoms with Gasteiger partial charge >= 0.3 is 0 Å². The standard InChI is InChI=1S/C31H36FN5O4/c1-21(2)15-17-33-31(39)30(23-10-12-24(32)13-11-23)36(18-16-22-9-14-27(40-3)28(19-22)41-4)29(38)20-37-26-8-6-5-7-25(26)34-35-37/h5-14,19,21,30H,15-18,20H2,1-4H3,(H,33,39)/t30-/m1/s1. The molecule has 0 aliphatic heterocycles. The Bertz CT molecular complexity index is 1470. The van der Waals surface area contributed by atoms with Crippen molar-refractivity contribution in [1.29, 1.82) is 0 Å². The van der Waals surface area contributed by atoms with Gasteiger partial charge in [0.1, 0.15) is 23.9 Å². The molecule has 216 valence electrons. The van der Waals surface area contributed by atoms with Crippen molar-refractivity contribution in [2.24, 2.45) is 5.92 Å². The molecule has 1 N–H and O–H groups in total. The van der Waals surface area contributed by atoms with Crippen LogP contribution >= 0.6 is 0 Å². The molecule has 0 fully saturated rings. The van der Waals surface area contributed by atoms with Crippen LogP contribution < -0.4 is 14.8 Å². The summed E-state index contributed by atoms with van der Waals surface area (Å²) in [7, 11) is 3.13. The first-order valence-corrected chi connectivity index (χ1v) is 13.6. The Balaban J connectivity index is 1.69. The number of benzene rings is 3. The lowest BCUT2D eigenvalue weighted by molar-refractivity contribution is -0.141. The van der Waals surface area contributed by atoms with Crippen molar-refractivity contribution < 1.29 is 23.5 Å². The Kier molecular flexibility index (Phi) is 9.89. The lowest BCUT2D eigenvalue weighted by Gasteiger charge is -2.32. The molecule has 0 unspecified atom stereocenters. The van der Waals surface area contributed by atoms with Gasteiger partial charge in [-0.1, -0.05) is 49.4 Å². The number of carbonyl (C=O) groups is 2. The maximum Gasteiger partial charge on any atom is 0.247 e. The number of rotatable bonds is 13. The number of halogens is 1. The molecular formula is C31H36FN5O4. The number of para-hydroxylation sites is 1. The Morgan fingerprint density at radius 3 is 2.44 bits per heavy atom. The van der Waals surface area contributed by atoms with Crippen molar-refractivity contribution in [2.45, 2.75) is 39.3 Å². The molecule has 4 aromatic rings. The Morgan fingerprint density at radius 2 is 1.73 bits per heavy atom. The predicted molar refractivity (Wildman–Crippen MR) is 154 cm³/mol. The molecule has 1 atom stereocenters. The third-order valence-corrected chi connectivity index (χ3v) is 6.88. The zero-order valence-electron chi connectivity index (χ0n) is 23.8. The van der Waals surface area contributed by atoms with E-state index in [2.05, 4.69) is 29.5 Å². The fraction of sp³-hybridized carbons (Fsp3) is 0.355. The van der Waals surface area contributed by atoms with Crippen LogP contribution in [0.25, 0.3) is 11.0 Å². The number of fused-ring (bicyclic) bond motifs is 1. The van der Waals surface area contributed by atoms with Gasteiger partial charge in [-0.3, -0.25) is 9.59 Å². The van der Waals surface area contributed by atoms with E-state index in [0.717, 1.165) is 12.0 Å². The van der Waals surface area contributed by atoms with E-state index in [-0.39, 0.29) is 24.9 Å². The molecule has 0 spiro atoms. The van der Waals surface area contributed by atoms with Crippen LogP contribution in [0, 0.1) is 11.7 Å². The first-order valence-electron chi connectivity index (χ1n) is 13.6. The number of amides is 2. The van der Waals surface area contributed by atoms with Crippen molar-refractivity contribution in [1.82, 2.24) is 25.2 Å². The van der Waals surface area contributed by atoms with E-state index in [4.69, 9.17) is 9.47 Å². The normalized spacial score (nSPS) is 11.9. The van der Waals surface area contributed by atoms with Crippen LogP contribution in [0.5, 0.6) is 11.5 Å². The van der Waals surface area contributed by atoms with E-state index in [1.165, 1.54) is 21.7 Å². The molecule has 41 heavy (non-hydrogen) atoms. The molecule has 0 aliphatic rings. The van der Waals surface area contributed by atoms with Crippen LogP contribution in [-0.2, 0) is 22.6 Å². The van der Waals surface area contributed by atoms with Gasteiger partial charge in [-0.2, -0.15) is 0 Å². The van der Waals surface area contributed by atoms with Crippen molar-refractivity contribution in [3.63, 3.8) is 0 Å². The summed E-state index contributed by atoms with van der Waals surface area (Å²) in [6.45, 7) is 4.69. The number of carbonyl (C=O) groups excluding carboxylic acids is 2. The minimum absolute atomic E-state index is 0.122. The fourth-order valence-electron chi connectivity index (χ4n) is 4.64. The molecule has 0 saturated heterocycles. The van der Waals surface area contributed by atoms with E-state index in [9.17, 15) is 14.0 Å². The minimum Gasteiger partial charge on any atom is -0.493 e. The average Bonchev–Trinajstić information content (AvgIpc) is 3.38. The largest absolute Gasteiger partial charge is 0.493 e. The number of aromatic nitrogens is 3. The van der Waals surface area contributed by atoms with Gasteiger partial charge in [-0.05, 0) is 66.3 Å². The van der Waals surface area contributed by atoms with Gasteiger partial charge in [0.05, 0.1) is 19.7 Å². The monoisotopic (exact) mass is 561 g/mol. The van der Waals surface area contributed by atoms with Gasteiger partial charge in [-0.25, -0.2) is 9.07 Å². The van der Waals surface area contributed by atoms with Gasteiger partial charge < -0.3 is 19.7 Å². The Morgan fingerprint density at radius 1 is 1.00 bits per heavy atom. The van der Waals surface area contributed by atoms with Crippen LogP contribution in [0.1, 0.15) is 37.4 Å². The topological polar surface area (TPSA) is 98.6 Å². The van der Waals surface area contributed by atoms with Gasteiger partial charge in [0, 0.05) is 13.1 Å². The quantitative estimate of drug-likeness (QED) is 0.257. The molecule has 0 aliphatic carbocycles. The summed E-state index contributed by atoms with van der Waals surface area (Å²) in [4.78, 5) is 29.2. The second-order valence-electron chi connectivity index (χ2n) is 10.2. The second-order valence-corrected chi connectivity index (χ2v) is 10.2. The van der Waals surface area contributed by atoms with Crippen molar-refractivity contribution in [2.75, 3.05) is 27.3 Å². The van der Waals surface area contributed by atoms with E-state index < -0.39 is 11.9 Å². The molecule has 0 saturated carbocycles. The van der Waals surface area contributed by atoms with Crippen LogP contribution in [-0.4, -0.2) is 59.0 Å². The van der Waals surface area contributed by atoms with Crippen molar-refractivity contribution in [3.05, 3.63) is 83.7 Å². The first-order chi connectivity index (χ1) is 19.8. The molecular weight excluding hydrogens is 525 g/mol. The number of hydrogen-bond donors (Lipinski definition) is 1. The summed E-state index contributed by atoms with van der Waals surface area (Å²) in [5.41, 5.74) is 2.78.